The van der Waals surface area contributed by atoms with Crippen molar-refractivity contribution < 1.29 is 14.3 Å². The molecule has 2 amide bonds. The molecule has 0 radical (unpaired) electrons. The summed E-state index contributed by atoms with van der Waals surface area (Å²) in [7, 11) is 4.90. The Morgan fingerprint density at radius 3 is 2.52 bits per heavy atom. The summed E-state index contributed by atoms with van der Waals surface area (Å²) in [6.07, 6.45) is 0.159. The average molecular weight is 478 g/mol. The van der Waals surface area contributed by atoms with Crippen LogP contribution in [0.1, 0.15) is 15.2 Å². The molecule has 168 valence electrons. The van der Waals surface area contributed by atoms with Crippen LogP contribution in [-0.4, -0.2) is 42.9 Å². The molecule has 0 aliphatic rings. The number of methoxy groups -OCH3 is 1. The maximum absolute atomic E-state index is 13.1. The van der Waals surface area contributed by atoms with Crippen LogP contribution in [0.2, 0.25) is 0 Å². The van der Waals surface area contributed by atoms with Gasteiger partial charge in [0.2, 0.25) is 5.91 Å². The lowest BCUT2D eigenvalue weighted by molar-refractivity contribution is -0.115. The first-order chi connectivity index (χ1) is 16.0. The molecule has 33 heavy (non-hydrogen) atoms. The fourth-order valence-corrected chi connectivity index (χ4v) is 5.20. The average Bonchev–Trinajstić information content (AvgIpc) is 3.49. The van der Waals surface area contributed by atoms with E-state index >= 15 is 0 Å². The molecule has 0 aliphatic carbocycles. The quantitative estimate of drug-likeness (QED) is 0.385. The molecule has 2 heterocycles. The molecule has 2 aromatic heterocycles. The Bertz CT molecular complexity index is 1270. The molecule has 8 heteroatoms. The zero-order valence-corrected chi connectivity index (χ0v) is 20.1. The van der Waals surface area contributed by atoms with Gasteiger partial charge in [0.15, 0.2) is 0 Å². The summed E-state index contributed by atoms with van der Waals surface area (Å²) in [5.74, 6) is 0.137. The Morgan fingerprint density at radius 2 is 1.85 bits per heavy atom. The van der Waals surface area contributed by atoms with Crippen molar-refractivity contribution in [2.24, 2.45) is 0 Å². The van der Waals surface area contributed by atoms with Crippen LogP contribution < -0.4 is 10.1 Å². The van der Waals surface area contributed by atoms with E-state index < -0.39 is 0 Å². The van der Waals surface area contributed by atoms with Gasteiger partial charge in [0.05, 0.1) is 29.8 Å². The van der Waals surface area contributed by atoms with Crippen LogP contribution in [-0.2, 0) is 11.2 Å². The lowest BCUT2D eigenvalue weighted by atomic mass is 10.1. The number of carbonyl (C=O) groups is 2. The summed E-state index contributed by atoms with van der Waals surface area (Å²) in [5.41, 5.74) is 2.77. The van der Waals surface area contributed by atoms with Gasteiger partial charge in [-0.1, -0.05) is 36.4 Å². The van der Waals surface area contributed by atoms with Crippen LogP contribution in [0, 0.1) is 0 Å². The number of hydrogen-bond donors (Lipinski definition) is 1. The minimum Gasteiger partial charge on any atom is -0.495 e. The Balaban J connectivity index is 1.62. The zero-order valence-electron chi connectivity index (χ0n) is 18.5. The van der Waals surface area contributed by atoms with Gasteiger partial charge in [0.1, 0.15) is 10.8 Å². The molecule has 0 fully saturated rings. The number of rotatable bonds is 7. The van der Waals surface area contributed by atoms with E-state index in [1.807, 2.05) is 47.8 Å². The molecule has 0 atom stereocenters. The van der Waals surface area contributed by atoms with Gasteiger partial charge in [-0.15, -0.1) is 22.7 Å². The van der Waals surface area contributed by atoms with Gasteiger partial charge in [-0.25, -0.2) is 4.98 Å². The maximum Gasteiger partial charge on any atom is 0.253 e. The predicted molar refractivity (Wildman–Crippen MR) is 134 cm³/mol. The monoisotopic (exact) mass is 477 g/mol. The Kier molecular flexibility index (Phi) is 6.86. The van der Waals surface area contributed by atoms with Gasteiger partial charge in [0.25, 0.3) is 5.91 Å². The summed E-state index contributed by atoms with van der Waals surface area (Å²) in [6, 6.07) is 18.9. The summed E-state index contributed by atoms with van der Waals surface area (Å²) in [4.78, 5) is 33.6. The standard InChI is InChI=1S/C25H23N3O3S2/c1-28(2)25(30)17-11-12-19(31-3)18(14-17)26-22(29)15-21-23(20-10-7-13-32-20)27-24(33-21)16-8-5-4-6-9-16/h4-14H,15H2,1-3H3,(H,26,29). The predicted octanol–water partition coefficient (Wildman–Crippen LogP) is 5.43. The van der Waals surface area contributed by atoms with Gasteiger partial charge in [-0.05, 0) is 29.6 Å². The minimum absolute atomic E-state index is 0.150. The summed E-state index contributed by atoms with van der Waals surface area (Å²) < 4.78 is 5.39. The van der Waals surface area contributed by atoms with Crippen molar-refractivity contribution in [2.45, 2.75) is 6.42 Å². The highest BCUT2D eigenvalue weighted by atomic mass is 32.1. The van der Waals surface area contributed by atoms with E-state index in [4.69, 9.17) is 9.72 Å². The molecule has 0 bridgehead atoms. The highest BCUT2D eigenvalue weighted by Crippen LogP contribution is 2.36. The number of benzene rings is 2. The second-order valence-electron chi connectivity index (χ2n) is 7.47. The number of aromatic nitrogens is 1. The van der Waals surface area contributed by atoms with Gasteiger partial charge in [-0.3, -0.25) is 9.59 Å². The largest absolute Gasteiger partial charge is 0.495 e. The number of anilines is 1. The number of carbonyl (C=O) groups excluding carboxylic acids is 2. The van der Waals surface area contributed by atoms with Crippen LogP contribution in [0.25, 0.3) is 21.1 Å². The molecule has 0 spiro atoms. The van der Waals surface area contributed by atoms with Crippen molar-refractivity contribution in [3.8, 4) is 26.9 Å². The normalized spacial score (nSPS) is 10.6. The van der Waals surface area contributed by atoms with Crippen LogP contribution in [0.4, 0.5) is 5.69 Å². The first kappa shape index (κ1) is 22.7. The molecule has 4 rings (SSSR count). The molecule has 2 aromatic carbocycles. The van der Waals surface area contributed by atoms with Crippen molar-refractivity contribution in [1.82, 2.24) is 9.88 Å². The summed E-state index contributed by atoms with van der Waals surface area (Å²) in [5, 5.41) is 5.79. The fourth-order valence-electron chi connectivity index (χ4n) is 3.32. The highest BCUT2D eigenvalue weighted by molar-refractivity contribution is 7.17. The van der Waals surface area contributed by atoms with E-state index in [2.05, 4.69) is 5.32 Å². The van der Waals surface area contributed by atoms with Gasteiger partial charge in [0, 0.05) is 30.1 Å². The van der Waals surface area contributed by atoms with Crippen LogP contribution in [0.15, 0.2) is 66.0 Å². The fraction of sp³-hybridized carbons (Fsp3) is 0.160. The van der Waals surface area contributed by atoms with Crippen LogP contribution >= 0.6 is 22.7 Å². The van der Waals surface area contributed by atoms with Crippen molar-refractivity contribution >= 4 is 40.2 Å². The van der Waals surface area contributed by atoms with E-state index in [-0.39, 0.29) is 18.2 Å². The zero-order chi connectivity index (χ0) is 23.4. The number of amides is 2. The SMILES string of the molecule is COc1ccc(C(=O)N(C)C)cc1NC(=O)Cc1sc(-c2ccccc2)nc1-c1cccs1. The Labute approximate surface area is 200 Å². The van der Waals surface area contributed by atoms with E-state index in [9.17, 15) is 9.59 Å². The molecule has 0 saturated carbocycles. The topological polar surface area (TPSA) is 71.5 Å². The molecule has 6 nitrogen and oxygen atoms in total. The summed E-state index contributed by atoms with van der Waals surface area (Å²) in [6.45, 7) is 0. The number of nitrogens with zero attached hydrogens (tertiary/aromatic N) is 2. The molecule has 1 N–H and O–H groups in total. The first-order valence-electron chi connectivity index (χ1n) is 10.2. The summed E-state index contributed by atoms with van der Waals surface area (Å²) >= 11 is 3.11. The third kappa shape index (κ3) is 5.13. The van der Waals surface area contributed by atoms with E-state index in [1.54, 1.807) is 43.6 Å². The van der Waals surface area contributed by atoms with E-state index in [0.717, 1.165) is 26.0 Å². The smallest absolute Gasteiger partial charge is 0.253 e. The van der Waals surface area contributed by atoms with Crippen LogP contribution in [0.3, 0.4) is 0 Å². The molecular weight excluding hydrogens is 454 g/mol. The third-order valence-electron chi connectivity index (χ3n) is 4.92. The molecular formula is C25H23N3O3S2. The van der Waals surface area contributed by atoms with Crippen molar-refractivity contribution in [3.63, 3.8) is 0 Å². The number of thiophene rings is 1. The lowest BCUT2D eigenvalue weighted by Gasteiger charge is -2.14. The molecule has 0 unspecified atom stereocenters. The number of hydrogen-bond acceptors (Lipinski definition) is 6. The number of ether oxygens (including phenoxy) is 1. The van der Waals surface area contributed by atoms with Crippen molar-refractivity contribution in [3.05, 3.63) is 76.5 Å². The first-order valence-corrected chi connectivity index (χ1v) is 11.9. The maximum atomic E-state index is 13.1. The number of nitrogens with one attached hydrogen (secondary N) is 1. The molecule has 0 saturated heterocycles. The lowest BCUT2D eigenvalue weighted by Crippen LogP contribution is -2.22. The van der Waals surface area contributed by atoms with Gasteiger partial charge < -0.3 is 15.0 Å². The Morgan fingerprint density at radius 1 is 1.06 bits per heavy atom. The van der Waals surface area contributed by atoms with Gasteiger partial charge >= 0.3 is 0 Å². The molecule has 4 aromatic rings. The van der Waals surface area contributed by atoms with Crippen LogP contribution in [0.5, 0.6) is 5.75 Å². The third-order valence-corrected chi connectivity index (χ3v) is 6.90. The van der Waals surface area contributed by atoms with Crippen molar-refractivity contribution in [1.29, 1.82) is 0 Å². The van der Waals surface area contributed by atoms with E-state index in [1.165, 1.54) is 23.3 Å². The second-order valence-corrected chi connectivity index (χ2v) is 9.51. The minimum atomic E-state index is -0.205. The van der Waals surface area contributed by atoms with E-state index in [0.29, 0.717) is 17.0 Å². The van der Waals surface area contributed by atoms with Gasteiger partial charge in [-0.2, -0.15) is 0 Å². The second kappa shape index (κ2) is 9.97. The van der Waals surface area contributed by atoms with Crippen molar-refractivity contribution in [2.75, 3.05) is 26.5 Å². The molecule has 0 aliphatic heterocycles. The Hall–Kier alpha value is -3.49. The number of thiazole rings is 1. The highest BCUT2D eigenvalue weighted by Gasteiger charge is 2.19.